The Morgan fingerprint density at radius 2 is 1.88 bits per heavy atom. The van der Waals surface area contributed by atoms with E-state index in [9.17, 15) is 9.59 Å². The van der Waals surface area contributed by atoms with Gasteiger partial charge in [0, 0.05) is 37.4 Å². The Balaban J connectivity index is 1.42. The summed E-state index contributed by atoms with van der Waals surface area (Å²) >= 11 is 1.38. The summed E-state index contributed by atoms with van der Waals surface area (Å²) in [5.74, 6) is -0.261. The molecule has 1 aliphatic rings. The topological polar surface area (TPSA) is 70.7 Å². The number of carbonyl (C=O) groups is 2. The first-order valence-electron chi connectivity index (χ1n) is 8.27. The molecule has 7 heteroatoms. The molecule has 3 rings (SSSR count). The number of nitrogens with zero attached hydrogens (tertiary/aromatic N) is 1. The summed E-state index contributed by atoms with van der Waals surface area (Å²) in [7, 11) is 0. The molecule has 0 saturated carbocycles. The standard InChI is InChI=1S/C18H21N3O3S/c22-17(7-8-19-18(23)16-2-1-13-25-16)20-14-3-5-15(6-4-14)21-9-11-24-12-10-21/h1-6,13H,7-12H2,(H,19,23)(H,20,22). The quantitative estimate of drug-likeness (QED) is 0.831. The lowest BCUT2D eigenvalue weighted by atomic mass is 10.2. The van der Waals surface area contributed by atoms with Gasteiger partial charge in [-0.3, -0.25) is 9.59 Å². The van der Waals surface area contributed by atoms with Crippen molar-refractivity contribution >= 4 is 34.5 Å². The van der Waals surface area contributed by atoms with Crippen molar-refractivity contribution in [3.8, 4) is 0 Å². The number of thiophene rings is 1. The second kappa shape index (κ2) is 8.64. The minimum absolute atomic E-state index is 0.120. The molecule has 2 aromatic rings. The second-order valence-corrected chi connectivity index (χ2v) is 6.63. The number of morpholine rings is 1. The number of rotatable bonds is 6. The minimum atomic E-state index is -0.141. The van der Waals surface area contributed by atoms with Crippen LogP contribution in [-0.4, -0.2) is 44.7 Å². The molecule has 1 aliphatic heterocycles. The number of anilines is 2. The molecule has 0 spiro atoms. The molecule has 2 amide bonds. The van der Waals surface area contributed by atoms with E-state index in [1.165, 1.54) is 11.3 Å². The highest BCUT2D eigenvalue weighted by Crippen LogP contribution is 2.19. The fourth-order valence-electron chi connectivity index (χ4n) is 2.59. The summed E-state index contributed by atoms with van der Waals surface area (Å²) < 4.78 is 5.35. The van der Waals surface area contributed by atoms with Gasteiger partial charge in [-0.25, -0.2) is 0 Å². The molecule has 2 N–H and O–H groups in total. The van der Waals surface area contributed by atoms with E-state index in [0.29, 0.717) is 11.4 Å². The minimum Gasteiger partial charge on any atom is -0.378 e. The van der Waals surface area contributed by atoms with Gasteiger partial charge in [-0.15, -0.1) is 11.3 Å². The zero-order valence-corrected chi connectivity index (χ0v) is 14.7. The SMILES string of the molecule is O=C(CCNC(=O)c1cccs1)Nc1ccc(N2CCOCC2)cc1. The van der Waals surface area contributed by atoms with Crippen molar-refractivity contribution in [2.45, 2.75) is 6.42 Å². The van der Waals surface area contributed by atoms with E-state index in [4.69, 9.17) is 4.74 Å². The Kier molecular flexibility index (Phi) is 6.03. The average molecular weight is 359 g/mol. The monoisotopic (exact) mass is 359 g/mol. The zero-order valence-electron chi connectivity index (χ0n) is 13.9. The Morgan fingerprint density at radius 1 is 1.12 bits per heavy atom. The third-order valence-corrected chi connectivity index (χ3v) is 4.78. The molecule has 1 fully saturated rings. The number of carbonyl (C=O) groups excluding carboxylic acids is 2. The highest BCUT2D eigenvalue weighted by Gasteiger charge is 2.11. The van der Waals surface area contributed by atoms with Crippen molar-refractivity contribution in [3.63, 3.8) is 0 Å². The van der Waals surface area contributed by atoms with Crippen LogP contribution in [0.2, 0.25) is 0 Å². The van der Waals surface area contributed by atoms with Gasteiger partial charge < -0.3 is 20.3 Å². The summed E-state index contributed by atoms with van der Waals surface area (Å²) in [6.45, 7) is 3.57. The molecule has 0 bridgehead atoms. The van der Waals surface area contributed by atoms with Crippen molar-refractivity contribution in [3.05, 3.63) is 46.7 Å². The number of nitrogens with one attached hydrogen (secondary N) is 2. The van der Waals surface area contributed by atoms with E-state index in [1.807, 2.05) is 35.7 Å². The molecular formula is C18H21N3O3S. The third-order valence-electron chi connectivity index (χ3n) is 3.91. The Hall–Kier alpha value is -2.38. The van der Waals surface area contributed by atoms with Crippen LogP contribution >= 0.6 is 11.3 Å². The molecule has 0 unspecified atom stereocenters. The summed E-state index contributed by atoms with van der Waals surface area (Å²) in [4.78, 5) is 26.7. The van der Waals surface area contributed by atoms with Crippen LogP contribution in [0.4, 0.5) is 11.4 Å². The van der Waals surface area contributed by atoms with Crippen LogP contribution in [0.15, 0.2) is 41.8 Å². The number of hydrogen-bond donors (Lipinski definition) is 2. The molecule has 0 aliphatic carbocycles. The first-order chi connectivity index (χ1) is 12.2. The average Bonchev–Trinajstić information content (AvgIpc) is 3.18. The number of hydrogen-bond acceptors (Lipinski definition) is 5. The summed E-state index contributed by atoms with van der Waals surface area (Å²) in [6, 6.07) is 11.4. The van der Waals surface area contributed by atoms with E-state index in [1.54, 1.807) is 6.07 Å². The lowest BCUT2D eigenvalue weighted by Gasteiger charge is -2.28. The predicted molar refractivity (Wildman–Crippen MR) is 99.4 cm³/mol. The molecule has 25 heavy (non-hydrogen) atoms. The Labute approximate surface area is 150 Å². The maximum absolute atomic E-state index is 12.0. The van der Waals surface area contributed by atoms with E-state index in [2.05, 4.69) is 15.5 Å². The smallest absolute Gasteiger partial charge is 0.261 e. The fraction of sp³-hybridized carbons (Fsp3) is 0.333. The van der Waals surface area contributed by atoms with Crippen LogP contribution in [0.25, 0.3) is 0 Å². The van der Waals surface area contributed by atoms with Crippen molar-refractivity contribution < 1.29 is 14.3 Å². The van der Waals surface area contributed by atoms with E-state index >= 15 is 0 Å². The predicted octanol–water partition coefficient (Wildman–Crippen LogP) is 2.34. The number of ether oxygens (including phenoxy) is 1. The Morgan fingerprint density at radius 3 is 2.56 bits per heavy atom. The van der Waals surface area contributed by atoms with Gasteiger partial charge >= 0.3 is 0 Å². The van der Waals surface area contributed by atoms with Crippen LogP contribution < -0.4 is 15.5 Å². The van der Waals surface area contributed by atoms with E-state index in [0.717, 1.165) is 37.7 Å². The summed E-state index contributed by atoms with van der Waals surface area (Å²) in [5.41, 5.74) is 1.89. The van der Waals surface area contributed by atoms with Crippen LogP contribution in [0, 0.1) is 0 Å². The number of benzene rings is 1. The summed E-state index contributed by atoms with van der Waals surface area (Å²) in [5, 5.41) is 7.45. The van der Waals surface area contributed by atoms with Crippen molar-refractivity contribution in [2.75, 3.05) is 43.1 Å². The van der Waals surface area contributed by atoms with Crippen molar-refractivity contribution in [1.82, 2.24) is 5.32 Å². The second-order valence-electron chi connectivity index (χ2n) is 5.68. The lowest BCUT2D eigenvalue weighted by molar-refractivity contribution is -0.116. The highest BCUT2D eigenvalue weighted by molar-refractivity contribution is 7.12. The van der Waals surface area contributed by atoms with Crippen molar-refractivity contribution in [2.24, 2.45) is 0 Å². The molecule has 0 radical (unpaired) electrons. The van der Waals surface area contributed by atoms with Crippen LogP contribution in [0.5, 0.6) is 0 Å². The summed E-state index contributed by atoms with van der Waals surface area (Å²) in [6.07, 6.45) is 0.238. The van der Waals surface area contributed by atoms with Crippen LogP contribution in [0.3, 0.4) is 0 Å². The third kappa shape index (κ3) is 5.04. The lowest BCUT2D eigenvalue weighted by Crippen LogP contribution is -2.36. The van der Waals surface area contributed by atoms with Crippen LogP contribution in [-0.2, 0) is 9.53 Å². The van der Waals surface area contributed by atoms with E-state index < -0.39 is 0 Å². The van der Waals surface area contributed by atoms with Crippen LogP contribution in [0.1, 0.15) is 16.1 Å². The van der Waals surface area contributed by atoms with Gasteiger partial charge in [0.05, 0.1) is 18.1 Å². The van der Waals surface area contributed by atoms with Gasteiger partial charge in [-0.2, -0.15) is 0 Å². The first kappa shape index (κ1) is 17.4. The molecule has 1 aromatic carbocycles. The van der Waals surface area contributed by atoms with Gasteiger partial charge in [0.25, 0.3) is 5.91 Å². The number of amides is 2. The fourth-order valence-corrected chi connectivity index (χ4v) is 3.23. The molecular weight excluding hydrogens is 338 g/mol. The van der Waals surface area contributed by atoms with Gasteiger partial charge in [0.1, 0.15) is 0 Å². The van der Waals surface area contributed by atoms with Gasteiger partial charge in [0.15, 0.2) is 0 Å². The maximum Gasteiger partial charge on any atom is 0.261 e. The Bertz CT molecular complexity index is 695. The molecule has 132 valence electrons. The molecule has 1 aromatic heterocycles. The van der Waals surface area contributed by atoms with Gasteiger partial charge in [-0.05, 0) is 35.7 Å². The van der Waals surface area contributed by atoms with Crippen molar-refractivity contribution in [1.29, 1.82) is 0 Å². The molecule has 1 saturated heterocycles. The first-order valence-corrected chi connectivity index (χ1v) is 9.14. The van der Waals surface area contributed by atoms with Gasteiger partial charge in [0.2, 0.25) is 5.91 Å². The van der Waals surface area contributed by atoms with E-state index in [-0.39, 0.29) is 18.2 Å². The highest BCUT2D eigenvalue weighted by atomic mass is 32.1. The maximum atomic E-state index is 12.0. The molecule has 6 nitrogen and oxygen atoms in total. The zero-order chi connectivity index (χ0) is 17.5. The normalized spacial score (nSPS) is 14.2. The van der Waals surface area contributed by atoms with Gasteiger partial charge in [-0.1, -0.05) is 6.07 Å². The molecule has 2 heterocycles. The molecule has 0 atom stereocenters. The largest absolute Gasteiger partial charge is 0.378 e.